The summed E-state index contributed by atoms with van der Waals surface area (Å²) in [6.45, 7) is 7.08. The van der Waals surface area contributed by atoms with E-state index in [1.54, 1.807) is 0 Å². The van der Waals surface area contributed by atoms with Gasteiger partial charge in [-0.05, 0) is 13.8 Å². The Labute approximate surface area is 137 Å². The molecule has 0 aliphatic rings. The van der Waals surface area contributed by atoms with E-state index in [-0.39, 0.29) is 29.0 Å². The number of aryl methyl sites for hydroxylation is 2. The lowest BCUT2D eigenvalue weighted by atomic mass is 10.2. The van der Waals surface area contributed by atoms with E-state index in [2.05, 4.69) is 0 Å². The SMILES string of the molecule is CCn1c(C)[n+](CC)c2cc(Cl)c(C(F)(F)F)cc21.[I-]. The summed E-state index contributed by atoms with van der Waals surface area (Å²) < 4.78 is 42.5. The molecule has 0 N–H and O–H groups in total. The Kier molecular flexibility index (Phi) is 5.34. The normalized spacial score (nSPS) is 11.8. The Morgan fingerprint density at radius 1 is 1.25 bits per heavy atom. The third-order valence-electron chi connectivity index (χ3n) is 3.36. The van der Waals surface area contributed by atoms with Crippen LogP contribution in [-0.4, -0.2) is 4.57 Å². The van der Waals surface area contributed by atoms with Gasteiger partial charge in [0.15, 0.2) is 11.0 Å². The van der Waals surface area contributed by atoms with Crippen LogP contribution in [0.1, 0.15) is 25.2 Å². The van der Waals surface area contributed by atoms with E-state index < -0.39 is 11.7 Å². The number of rotatable bonds is 2. The van der Waals surface area contributed by atoms with Crippen molar-refractivity contribution in [2.24, 2.45) is 0 Å². The van der Waals surface area contributed by atoms with Gasteiger partial charge in [-0.25, -0.2) is 9.13 Å². The Bertz CT molecular complexity index is 635. The number of hydrogen-bond acceptors (Lipinski definition) is 0. The van der Waals surface area contributed by atoms with Crippen LogP contribution in [0.4, 0.5) is 13.2 Å². The molecule has 0 unspecified atom stereocenters. The molecule has 7 heteroatoms. The first-order chi connectivity index (χ1) is 8.81. The maximum Gasteiger partial charge on any atom is 0.418 e. The summed E-state index contributed by atoms with van der Waals surface area (Å²) in [6, 6.07) is 2.54. The van der Waals surface area contributed by atoms with Crippen molar-refractivity contribution in [2.75, 3.05) is 0 Å². The second-order valence-electron chi connectivity index (χ2n) is 4.35. The summed E-state index contributed by atoms with van der Waals surface area (Å²) >= 11 is 5.78. The van der Waals surface area contributed by atoms with Gasteiger partial charge in [-0.3, -0.25) is 0 Å². The monoisotopic (exact) mass is 418 g/mol. The third kappa shape index (κ3) is 2.77. The quantitative estimate of drug-likeness (QED) is 0.507. The van der Waals surface area contributed by atoms with Gasteiger partial charge in [0.1, 0.15) is 0 Å². The highest BCUT2D eigenvalue weighted by Gasteiger charge is 2.35. The lowest BCUT2D eigenvalue weighted by Crippen LogP contribution is -3.00. The number of nitrogens with zero attached hydrogens (tertiary/aromatic N) is 2. The first kappa shape index (κ1) is 17.6. The molecule has 0 amide bonds. The number of benzene rings is 1. The lowest BCUT2D eigenvalue weighted by molar-refractivity contribution is -0.674. The first-order valence-electron chi connectivity index (χ1n) is 6.10. The highest BCUT2D eigenvalue weighted by Crippen LogP contribution is 2.36. The Morgan fingerprint density at radius 2 is 1.85 bits per heavy atom. The molecule has 2 rings (SSSR count). The van der Waals surface area contributed by atoms with Crippen LogP contribution in [0.2, 0.25) is 5.02 Å². The first-order valence-corrected chi connectivity index (χ1v) is 6.48. The predicted molar refractivity (Wildman–Crippen MR) is 68.2 cm³/mol. The Balaban J connectivity index is 0.00000200. The molecule has 20 heavy (non-hydrogen) atoms. The van der Waals surface area contributed by atoms with E-state index >= 15 is 0 Å². The molecule has 112 valence electrons. The second kappa shape index (κ2) is 6.09. The molecule has 0 spiro atoms. The van der Waals surface area contributed by atoms with Crippen LogP contribution in [0, 0.1) is 6.92 Å². The Morgan fingerprint density at radius 3 is 2.30 bits per heavy atom. The van der Waals surface area contributed by atoms with Crippen LogP contribution in [0.25, 0.3) is 11.0 Å². The van der Waals surface area contributed by atoms with Gasteiger partial charge in [-0.15, -0.1) is 0 Å². The van der Waals surface area contributed by atoms with Crippen molar-refractivity contribution < 1.29 is 41.7 Å². The van der Waals surface area contributed by atoms with Gasteiger partial charge in [0, 0.05) is 19.1 Å². The molecule has 0 bridgehead atoms. The summed E-state index contributed by atoms with van der Waals surface area (Å²) in [5, 5.41) is -0.254. The van der Waals surface area contributed by atoms with Crippen molar-refractivity contribution >= 4 is 22.6 Å². The molecule has 0 radical (unpaired) electrons. The molecule has 1 aromatic heterocycles. The highest BCUT2D eigenvalue weighted by molar-refractivity contribution is 6.32. The fourth-order valence-corrected chi connectivity index (χ4v) is 2.76. The number of aromatic nitrogens is 2. The molecule has 0 saturated heterocycles. The van der Waals surface area contributed by atoms with Gasteiger partial charge in [-0.1, -0.05) is 11.6 Å². The molecule has 0 aliphatic heterocycles. The number of alkyl halides is 3. The minimum atomic E-state index is -4.43. The summed E-state index contributed by atoms with van der Waals surface area (Å²) in [6.07, 6.45) is -4.43. The fourth-order valence-electron chi connectivity index (χ4n) is 2.49. The molecule has 0 atom stereocenters. The van der Waals surface area contributed by atoms with E-state index in [1.165, 1.54) is 6.07 Å². The number of fused-ring (bicyclic) bond motifs is 1. The largest absolute Gasteiger partial charge is 1.00 e. The van der Waals surface area contributed by atoms with E-state index in [1.807, 2.05) is 29.9 Å². The van der Waals surface area contributed by atoms with Gasteiger partial charge in [0.2, 0.25) is 0 Å². The molecule has 2 nitrogen and oxygen atoms in total. The van der Waals surface area contributed by atoms with E-state index in [9.17, 15) is 13.2 Å². The van der Waals surface area contributed by atoms with Crippen molar-refractivity contribution in [3.8, 4) is 0 Å². The predicted octanol–water partition coefficient (Wildman–Crippen LogP) is 0.953. The maximum atomic E-state index is 12.9. The summed E-state index contributed by atoms with van der Waals surface area (Å²) in [5.74, 6) is 0.926. The molecule has 0 fully saturated rings. The molecule has 2 aromatic rings. The fraction of sp³-hybridized carbons (Fsp3) is 0.462. The van der Waals surface area contributed by atoms with Gasteiger partial charge in [0.25, 0.3) is 5.82 Å². The van der Waals surface area contributed by atoms with Crippen molar-refractivity contribution in [1.29, 1.82) is 0 Å². The highest BCUT2D eigenvalue weighted by atomic mass is 127. The number of imidazole rings is 1. The van der Waals surface area contributed by atoms with E-state index in [0.717, 1.165) is 17.4 Å². The molecule has 0 saturated carbocycles. The molecule has 1 heterocycles. The third-order valence-corrected chi connectivity index (χ3v) is 3.68. The van der Waals surface area contributed by atoms with Crippen molar-refractivity contribution in [1.82, 2.24) is 4.57 Å². The zero-order valence-electron chi connectivity index (χ0n) is 11.4. The molecular formula is C13H15ClF3IN2. The van der Waals surface area contributed by atoms with Gasteiger partial charge < -0.3 is 24.0 Å². The topological polar surface area (TPSA) is 8.81 Å². The average molecular weight is 419 g/mol. The molecule has 1 aromatic carbocycles. The van der Waals surface area contributed by atoms with E-state index in [4.69, 9.17) is 11.6 Å². The second-order valence-corrected chi connectivity index (χ2v) is 4.76. The van der Waals surface area contributed by atoms with Gasteiger partial charge in [-0.2, -0.15) is 13.2 Å². The molecular weight excluding hydrogens is 404 g/mol. The van der Waals surface area contributed by atoms with Crippen LogP contribution in [-0.2, 0) is 19.3 Å². The van der Waals surface area contributed by atoms with Crippen LogP contribution in [0.15, 0.2) is 12.1 Å². The van der Waals surface area contributed by atoms with Gasteiger partial charge >= 0.3 is 6.18 Å². The smallest absolute Gasteiger partial charge is 0.418 e. The summed E-state index contributed by atoms with van der Waals surface area (Å²) in [4.78, 5) is 0. The van der Waals surface area contributed by atoms with Crippen LogP contribution >= 0.6 is 11.6 Å². The van der Waals surface area contributed by atoms with E-state index in [0.29, 0.717) is 18.6 Å². The van der Waals surface area contributed by atoms with Gasteiger partial charge in [0.05, 0.1) is 23.7 Å². The van der Waals surface area contributed by atoms with Crippen molar-refractivity contribution in [3.63, 3.8) is 0 Å². The number of hydrogen-bond donors (Lipinski definition) is 0. The minimum Gasteiger partial charge on any atom is -1.00 e. The minimum absolute atomic E-state index is 0. The standard InChI is InChI=1S/C13H15ClF3N2.HI/c1-4-18-8(3)19(5-2)12-7-10(14)9(6-11(12)18)13(15,16)17;/h6-7H,4-5H2,1-3H3;1H/q+1;/p-1. The van der Waals surface area contributed by atoms with Crippen molar-refractivity contribution in [2.45, 2.75) is 40.0 Å². The van der Waals surface area contributed by atoms with Crippen LogP contribution in [0.3, 0.4) is 0 Å². The summed E-state index contributed by atoms with van der Waals surface area (Å²) in [7, 11) is 0. The van der Waals surface area contributed by atoms with Crippen LogP contribution in [0.5, 0.6) is 0 Å². The lowest BCUT2D eigenvalue weighted by Gasteiger charge is -2.08. The number of halogens is 5. The Hall–Kier alpha value is -0.500. The van der Waals surface area contributed by atoms with Crippen LogP contribution < -0.4 is 28.5 Å². The molecule has 0 aliphatic carbocycles. The van der Waals surface area contributed by atoms with Crippen molar-refractivity contribution in [3.05, 3.63) is 28.5 Å². The zero-order chi connectivity index (χ0) is 14.4. The summed E-state index contributed by atoms with van der Waals surface area (Å²) in [5.41, 5.74) is 0.524. The zero-order valence-corrected chi connectivity index (χ0v) is 14.3. The average Bonchev–Trinajstić information content (AvgIpc) is 2.57. The maximum absolute atomic E-state index is 12.9.